The van der Waals surface area contributed by atoms with Crippen molar-refractivity contribution in [1.29, 1.82) is 0 Å². The largest absolute Gasteiger partial charge is 0.449 e. The SMILES string of the molecule is CCN(c1ccccc1)S(=O)(=O)c1cc(C(=O)O[C@H](C)C(=O)NC(N)=O)ccc1C. The number of anilines is 1. The molecule has 2 aromatic carbocycles. The molecule has 0 bridgehead atoms. The fourth-order valence-electron chi connectivity index (χ4n) is 2.71. The van der Waals surface area contributed by atoms with Crippen molar-refractivity contribution < 1.29 is 27.5 Å². The second-order valence-electron chi connectivity index (χ2n) is 6.39. The summed E-state index contributed by atoms with van der Waals surface area (Å²) in [5.41, 5.74) is 5.75. The monoisotopic (exact) mass is 433 g/mol. The summed E-state index contributed by atoms with van der Waals surface area (Å²) < 4.78 is 32.8. The highest BCUT2D eigenvalue weighted by atomic mass is 32.2. The number of nitrogens with one attached hydrogen (secondary N) is 1. The number of ether oxygens (including phenoxy) is 1. The van der Waals surface area contributed by atoms with Crippen LogP contribution >= 0.6 is 0 Å². The fourth-order valence-corrected chi connectivity index (χ4v) is 4.44. The van der Waals surface area contributed by atoms with Gasteiger partial charge in [0.1, 0.15) is 0 Å². The zero-order chi connectivity index (χ0) is 22.5. The van der Waals surface area contributed by atoms with Crippen LogP contribution in [0.1, 0.15) is 29.8 Å². The van der Waals surface area contributed by atoms with Crippen LogP contribution in [0.25, 0.3) is 0 Å². The van der Waals surface area contributed by atoms with Crippen LogP contribution in [-0.2, 0) is 19.6 Å². The normalized spacial score (nSPS) is 12.0. The summed E-state index contributed by atoms with van der Waals surface area (Å²) in [6.07, 6.45) is -1.30. The van der Waals surface area contributed by atoms with E-state index in [1.807, 2.05) is 0 Å². The van der Waals surface area contributed by atoms with E-state index in [1.54, 1.807) is 49.5 Å². The Morgan fingerprint density at radius 3 is 2.33 bits per heavy atom. The summed E-state index contributed by atoms with van der Waals surface area (Å²) in [5.74, 6) is -1.81. The van der Waals surface area contributed by atoms with Gasteiger partial charge in [0, 0.05) is 6.54 Å². The Hall–Kier alpha value is -3.40. The molecule has 0 unspecified atom stereocenters. The summed E-state index contributed by atoms with van der Waals surface area (Å²) >= 11 is 0. The molecular weight excluding hydrogens is 410 g/mol. The number of para-hydroxylation sites is 1. The van der Waals surface area contributed by atoms with Gasteiger partial charge in [-0.25, -0.2) is 18.0 Å². The maximum Gasteiger partial charge on any atom is 0.338 e. The van der Waals surface area contributed by atoms with E-state index in [4.69, 9.17) is 10.5 Å². The van der Waals surface area contributed by atoms with Crippen LogP contribution in [-0.4, -0.2) is 39.0 Å². The minimum atomic E-state index is -3.97. The van der Waals surface area contributed by atoms with Gasteiger partial charge in [-0.15, -0.1) is 0 Å². The van der Waals surface area contributed by atoms with Crippen LogP contribution in [0, 0.1) is 6.92 Å². The van der Waals surface area contributed by atoms with Gasteiger partial charge in [0.05, 0.1) is 16.1 Å². The molecule has 2 rings (SSSR count). The molecule has 2 aromatic rings. The number of hydrogen-bond donors (Lipinski definition) is 2. The number of hydrogen-bond acceptors (Lipinski definition) is 6. The number of aryl methyl sites for hydroxylation is 1. The van der Waals surface area contributed by atoms with E-state index in [1.165, 1.54) is 29.4 Å². The van der Waals surface area contributed by atoms with Gasteiger partial charge in [0.25, 0.3) is 15.9 Å². The molecule has 0 heterocycles. The van der Waals surface area contributed by atoms with Crippen LogP contribution in [0.3, 0.4) is 0 Å². The Morgan fingerprint density at radius 1 is 1.13 bits per heavy atom. The van der Waals surface area contributed by atoms with Gasteiger partial charge in [-0.3, -0.25) is 14.4 Å². The number of rotatable bonds is 7. The number of primary amides is 1. The number of esters is 1. The smallest absolute Gasteiger partial charge is 0.338 e. The lowest BCUT2D eigenvalue weighted by Gasteiger charge is -2.24. The van der Waals surface area contributed by atoms with Crippen LogP contribution in [0.4, 0.5) is 10.5 Å². The number of imide groups is 1. The molecule has 0 saturated carbocycles. The Balaban J connectivity index is 2.35. The highest BCUT2D eigenvalue weighted by molar-refractivity contribution is 7.92. The fraction of sp³-hybridized carbons (Fsp3) is 0.250. The Morgan fingerprint density at radius 2 is 1.77 bits per heavy atom. The van der Waals surface area contributed by atoms with Crippen molar-refractivity contribution in [3.63, 3.8) is 0 Å². The number of benzene rings is 2. The van der Waals surface area contributed by atoms with Crippen molar-refractivity contribution in [2.45, 2.75) is 31.8 Å². The summed E-state index contributed by atoms with van der Waals surface area (Å²) in [7, 11) is -3.97. The second kappa shape index (κ2) is 9.40. The van der Waals surface area contributed by atoms with E-state index in [0.29, 0.717) is 11.3 Å². The average Bonchev–Trinajstić information content (AvgIpc) is 2.68. The van der Waals surface area contributed by atoms with E-state index in [2.05, 4.69) is 0 Å². The van der Waals surface area contributed by atoms with Crippen molar-refractivity contribution in [3.8, 4) is 0 Å². The first-order valence-corrected chi connectivity index (χ1v) is 10.5. The Labute approximate surface area is 174 Å². The molecule has 1 atom stereocenters. The van der Waals surface area contributed by atoms with E-state index in [9.17, 15) is 22.8 Å². The predicted molar refractivity (Wildman–Crippen MR) is 110 cm³/mol. The third-order valence-corrected chi connectivity index (χ3v) is 6.27. The number of nitrogens with zero attached hydrogens (tertiary/aromatic N) is 1. The van der Waals surface area contributed by atoms with Crippen molar-refractivity contribution in [2.24, 2.45) is 5.73 Å². The van der Waals surface area contributed by atoms with Gasteiger partial charge in [-0.2, -0.15) is 0 Å². The zero-order valence-electron chi connectivity index (χ0n) is 16.8. The molecule has 10 heteroatoms. The maximum absolute atomic E-state index is 13.3. The third kappa shape index (κ3) is 5.15. The molecule has 3 amide bonds. The summed E-state index contributed by atoms with van der Waals surface area (Å²) in [6.45, 7) is 4.77. The van der Waals surface area contributed by atoms with E-state index >= 15 is 0 Å². The standard InChI is InChI=1S/C20H23N3O6S/c1-4-23(16-8-6-5-7-9-16)30(27,28)17-12-15(11-10-13(17)2)19(25)29-14(3)18(24)22-20(21)26/h5-12,14H,4H2,1-3H3,(H3,21,22,24,26)/t14-/m1/s1. The second-order valence-corrected chi connectivity index (χ2v) is 8.22. The summed E-state index contributed by atoms with van der Waals surface area (Å²) in [4.78, 5) is 34.8. The van der Waals surface area contributed by atoms with Crippen molar-refractivity contribution in [2.75, 3.05) is 10.8 Å². The first-order valence-electron chi connectivity index (χ1n) is 9.07. The number of sulfonamides is 1. The molecule has 0 aliphatic rings. The molecule has 9 nitrogen and oxygen atoms in total. The number of amides is 3. The lowest BCUT2D eigenvalue weighted by Crippen LogP contribution is -2.42. The number of carbonyl (C=O) groups is 3. The van der Waals surface area contributed by atoms with Crippen molar-refractivity contribution in [1.82, 2.24) is 5.32 Å². The van der Waals surface area contributed by atoms with E-state index < -0.39 is 34.0 Å². The number of nitrogens with two attached hydrogens (primary N) is 1. The van der Waals surface area contributed by atoms with Crippen LogP contribution in [0.15, 0.2) is 53.4 Å². The summed E-state index contributed by atoms with van der Waals surface area (Å²) in [6, 6.07) is 11.6. The summed E-state index contributed by atoms with van der Waals surface area (Å²) in [5, 5.41) is 1.80. The molecule has 0 saturated heterocycles. The zero-order valence-corrected chi connectivity index (χ0v) is 17.6. The quantitative estimate of drug-likeness (QED) is 0.641. The predicted octanol–water partition coefficient (Wildman–Crippen LogP) is 1.95. The van der Waals surface area contributed by atoms with Crippen LogP contribution < -0.4 is 15.4 Å². The molecule has 0 fully saturated rings. The van der Waals surface area contributed by atoms with Crippen LogP contribution in [0.2, 0.25) is 0 Å². The minimum absolute atomic E-state index is 0.0537. The molecule has 160 valence electrons. The van der Waals surface area contributed by atoms with Gasteiger partial charge < -0.3 is 10.5 Å². The highest BCUT2D eigenvalue weighted by Crippen LogP contribution is 2.26. The highest BCUT2D eigenvalue weighted by Gasteiger charge is 2.27. The van der Waals surface area contributed by atoms with Gasteiger partial charge in [-0.1, -0.05) is 24.3 Å². The molecule has 0 aliphatic carbocycles. The topological polar surface area (TPSA) is 136 Å². The Bertz CT molecular complexity index is 1050. The lowest BCUT2D eigenvalue weighted by molar-refractivity contribution is -0.127. The van der Waals surface area contributed by atoms with Gasteiger partial charge in [-0.05, 0) is 50.6 Å². The van der Waals surface area contributed by atoms with Crippen LogP contribution in [0.5, 0.6) is 0 Å². The first-order chi connectivity index (χ1) is 14.1. The van der Waals surface area contributed by atoms with Crippen molar-refractivity contribution >= 4 is 33.6 Å². The number of urea groups is 1. The average molecular weight is 433 g/mol. The molecule has 3 N–H and O–H groups in total. The van der Waals surface area contributed by atoms with Gasteiger partial charge >= 0.3 is 12.0 Å². The van der Waals surface area contributed by atoms with Crippen molar-refractivity contribution in [3.05, 3.63) is 59.7 Å². The molecule has 0 radical (unpaired) electrons. The van der Waals surface area contributed by atoms with E-state index in [-0.39, 0.29) is 17.0 Å². The van der Waals surface area contributed by atoms with Gasteiger partial charge in [0.2, 0.25) is 0 Å². The number of carbonyl (C=O) groups excluding carboxylic acids is 3. The van der Waals surface area contributed by atoms with Gasteiger partial charge in [0.15, 0.2) is 6.10 Å². The van der Waals surface area contributed by atoms with E-state index in [0.717, 1.165) is 0 Å². The molecular formula is C20H23N3O6S. The molecule has 30 heavy (non-hydrogen) atoms. The first kappa shape index (κ1) is 22.9. The maximum atomic E-state index is 13.3. The minimum Gasteiger partial charge on any atom is -0.449 e. The third-order valence-electron chi connectivity index (χ3n) is 4.22. The molecule has 0 spiro atoms. The lowest BCUT2D eigenvalue weighted by atomic mass is 10.1. The Kier molecular flexibility index (Phi) is 7.17. The molecule has 0 aliphatic heterocycles. The molecule has 0 aromatic heterocycles.